The van der Waals surface area contributed by atoms with E-state index in [1.54, 1.807) is 0 Å². The fourth-order valence-electron chi connectivity index (χ4n) is 7.26. The minimum Gasteiger partial charge on any atom is -0.360 e. The molecule has 0 aliphatic rings. The SMILES string of the molecule is NC(=O)OC(N)=O.c1cc2cccc3c4cccc5cccc(c(c1)c23)c54.c1cc2cccc3c4cccc5cccc(c(c1)c23)c54. The van der Waals surface area contributed by atoms with Crippen molar-refractivity contribution in [2.45, 2.75) is 0 Å². The molecular formula is C42H28N2O3. The summed E-state index contributed by atoms with van der Waals surface area (Å²) in [6.07, 6.45) is -2.38. The van der Waals surface area contributed by atoms with Crippen molar-refractivity contribution in [2.75, 3.05) is 0 Å². The van der Waals surface area contributed by atoms with E-state index in [9.17, 15) is 9.59 Å². The van der Waals surface area contributed by atoms with Crippen molar-refractivity contribution in [3.05, 3.63) is 146 Å². The van der Waals surface area contributed by atoms with E-state index in [-0.39, 0.29) is 0 Å². The standard InChI is InChI=1S/2C20H12.C2H4N2O3/c2*1-5-13-6-2-11-17-18-12-4-8-14-7-3-10-16(20(14)18)15(9-1)19(13)17;3-1(5)7-2(4)6/h2*1-12H;(H2,3,5)(H2,4,6). The highest BCUT2D eigenvalue weighted by molar-refractivity contribution is 6.34. The molecule has 0 unspecified atom stereocenters. The summed E-state index contributed by atoms with van der Waals surface area (Å²) in [5.41, 5.74) is 8.66. The van der Waals surface area contributed by atoms with Crippen LogP contribution in [0.4, 0.5) is 9.59 Å². The molecule has 224 valence electrons. The summed E-state index contributed by atoms with van der Waals surface area (Å²) in [4.78, 5) is 19.0. The first-order valence-corrected chi connectivity index (χ1v) is 15.3. The molecule has 0 radical (unpaired) electrons. The Hall–Kier alpha value is -6.46. The molecule has 0 bridgehead atoms. The number of nitrogens with two attached hydrogens (primary N) is 2. The zero-order chi connectivity index (χ0) is 32.1. The van der Waals surface area contributed by atoms with Gasteiger partial charge in [-0.1, -0.05) is 146 Å². The maximum Gasteiger partial charge on any atom is 0.413 e. The van der Waals surface area contributed by atoms with E-state index >= 15 is 0 Å². The molecule has 0 saturated carbocycles. The van der Waals surface area contributed by atoms with E-state index < -0.39 is 12.2 Å². The van der Waals surface area contributed by atoms with Gasteiger partial charge in [0.25, 0.3) is 0 Å². The maximum atomic E-state index is 9.51. The molecule has 10 aromatic rings. The second-order valence-electron chi connectivity index (χ2n) is 11.6. The molecule has 0 aromatic heterocycles. The van der Waals surface area contributed by atoms with Crippen molar-refractivity contribution in [1.29, 1.82) is 0 Å². The zero-order valence-electron chi connectivity index (χ0n) is 25.2. The molecule has 4 N–H and O–H groups in total. The van der Waals surface area contributed by atoms with Crippen LogP contribution in [-0.4, -0.2) is 12.2 Å². The lowest BCUT2D eigenvalue weighted by Gasteiger charge is -2.13. The highest BCUT2D eigenvalue weighted by Crippen LogP contribution is 2.41. The van der Waals surface area contributed by atoms with Crippen molar-refractivity contribution in [2.24, 2.45) is 11.5 Å². The van der Waals surface area contributed by atoms with Gasteiger partial charge in [-0.05, 0) is 86.2 Å². The third-order valence-corrected chi connectivity index (χ3v) is 8.98. The average molecular weight is 609 g/mol. The number of carbonyl (C=O) groups is 2. The Kier molecular flexibility index (Phi) is 6.66. The molecular weight excluding hydrogens is 580 g/mol. The van der Waals surface area contributed by atoms with Crippen LogP contribution in [0.2, 0.25) is 0 Å². The van der Waals surface area contributed by atoms with Gasteiger partial charge in [0.2, 0.25) is 0 Å². The number of rotatable bonds is 0. The third kappa shape index (κ3) is 4.64. The molecule has 10 aromatic carbocycles. The Labute approximate surface area is 269 Å². The summed E-state index contributed by atoms with van der Waals surface area (Å²) in [7, 11) is 0. The molecule has 5 nitrogen and oxygen atoms in total. The predicted molar refractivity (Wildman–Crippen MR) is 196 cm³/mol. The summed E-state index contributed by atoms with van der Waals surface area (Å²) < 4.78 is 3.53. The second kappa shape index (κ2) is 11.2. The predicted octanol–water partition coefficient (Wildman–Crippen LogP) is 10.6. The lowest BCUT2D eigenvalue weighted by atomic mass is 9.90. The Morgan fingerprint density at radius 2 is 0.489 bits per heavy atom. The minimum atomic E-state index is -1.19. The van der Waals surface area contributed by atoms with Gasteiger partial charge in [0.1, 0.15) is 0 Å². The van der Waals surface area contributed by atoms with Crippen LogP contribution >= 0.6 is 0 Å². The highest BCUT2D eigenvalue weighted by Gasteiger charge is 2.13. The summed E-state index contributed by atoms with van der Waals surface area (Å²) in [6.45, 7) is 0. The van der Waals surface area contributed by atoms with Crippen LogP contribution in [0.5, 0.6) is 0 Å². The Balaban J connectivity index is 0.000000116. The topological polar surface area (TPSA) is 95.4 Å². The van der Waals surface area contributed by atoms with E-state index in [0.717, 1.165) is 0 Å². The molecule has 47 heavy (non-hydrogen) atoms. The van der Waals surface area contributed by atoms with Gasteiger partial charge >= 0.3 is 12.2 Å². The maximum absolute atomic E-state index is 9.51. The van der Waals surface area contributed by atoms with Gasteiger partial charge in [-0.25, -0.2) is 9.59 Å². The largest absolute Gasteiger partial charge is 0.413 e. The lowest BCUT2D eigenvalue weighted by Crippen LogP contribution is -2.22. The Morgan fingerprint density at radius 1 is 0.319 bits per heavy atom. The summed E-state index contributed by atoms with van der Waals surface area (Å²) in [6, 6.07) is 52.9. The third-order valence-electron chi connectivity index (χ3n) is 8.98. The van der Waals surface area contributed by atoms with Crippen molar-refractivity contribution in [3.8, 4) is 0 Å². The van der Waals surface area contributed by atoms with Crippen molar-refractivity contribution in [3.63, 3.8) is 0 Å². The molecule has 0 heterocycles. The minimum absolute atomic E-state index is 1.19. The Bertz CT molecular complexity index is 2260. The smallest absolute Gasteiger partial charge is 0.360 e. The first-order chi connectivity index (χ1) is 23.0. The molecule has 0 fully saturated rings. The van der Waals surface area contributed by atoms with Crippen molar-refractivity contribution < 1.29 is 14.3 Å². The second-order valence-corrected chi connectivity index (χ2v) is 11.6. The fourth-order valence-corrected chi connectivity index (χ4v) is 7.26. The van der Waals surface area contributed by atoms with Crippen LogP contribution in [-0.2, 0) is 4.74 Å². The lowest BCUT2D eigenvalue weighted by molar-refractivity contribution is 0.164. The van der Waals surface area contributed by atoms with Crippen molar-refractivity contribution >= 4 is 98.4 Å². The van der Waals surface area contributed by atoms with Gasteiger partial charge in [-0.3, -0.25) is 0 Å². The summed E-state index contributed by atoms with van der Waals surface area (Å²) >= 11 is 0. The van der Waals surface area contributed by atoms with E-state index in [1.165, 1.54) is 86.2 Å². The molecule has 0 spiro atoms. The molecule has 0 aliphatic heterocycles. The molecule has 10 rings (SSSR count). The van der Waals surface area contributed by atoms with Gasteiger partial charge in [0.05, 0.1) is 0 Å². The van der Waals surface area contributed by atoms with E-state index in [1.807, 2.05) is 0 Å². The van der Waals surface area contributed by atoms with Gasteiger partial charge in [0.15, 0.2) is 0 Å². The zero-order valence-corrected chi connectivity index (χ0v) is 25.2. The number of ether oxygens (including phenoxy) is 1. The van der Waals surface area contributed by atoms with Crippen molar-refractivity contribution in [1.82, 2.24) is 0 Å². The normalized spacial score (nSPS) is 11.3. The first kappa shape index (κ1) is 28.0. The first-order valence-electron chi connectivity index (χ1n) is 15.3. The van der Waals surface area contributed by atoms with E-state index in [0.29, 0.717) is 0 Å². The molecule has 0 aliphatic carbocycles. The van der Waals surface area contributed by atoms with Gasteiger partial charge in [-0.2, -0.15) is 0 Å². The molecule has 0 saturated heterocycles. The van der Waals surface area contributed by atoms with Crippen LogP contribution in [0.1, 0.15) is 0 Å². The number of benzene rings is 10. The molecule has 5 heteroatoms. The van der Waals surface area contributed by atoms with E-state index in [2.05, 4.69) is 162 Å². The monoisotopic (exact) mass is 608 g/mol. The molecule has 2 amide bonds. The van der Waals surface area contributed by atoms with Gasteiger partial charge < -0.3 is 16.2 Å². The number of hydrogen-bond acceptors (Lipinski definition) is 3. The highest BCUT2D eigenvalue weighted by atomic mass is 16.6. The van der Waals surface area contributed by atoms with Crippen LogP contribution in [0, 0.1) is 0 Å². The van der Waals surface area contributed by atoms with Crippen LogP contribution in [0.25, 0.3) is 86.2 Å². The number of carbonyl (C=O) groups excluding carboxylic acids is 2. The number of fused-ring (bicyclic) bond motifs is 4. The fraction of sp³-hybridized carbons (Fsp3) is 0. The molecule has 0 atom stereocenters. The number of primary amides is 2. The summed E-state index contributed by atoms with van der Waals surface area (Å²) in [5, 5.41) is 21.8. The van der Waals surface area contributed by atoms with Crippen LogP contribution in [0.15, 0.2) is 146 Å². The quantitative estimate of drug-likeness (QED) is 0.102. The summed E-state index contributed by atoms with van der Waals surface area (Å²) in [5.74, 6) is 0. The van der Waals surface area contributed by atoms with E-state index in [4.69, 9.17) is 0 Å². The number of amides is 2. The average Bonchev–Trinajstić information content (AvgIpc) is 3.09. The Morgan fingerprint density at radius 3 is 0.617 bits per heavy atom. The van der Waals surface area contributed by atoms with Crippen LogP contribution < -0.4 is 11.5 Å². The number of hydrogen-bond donors (Lipinski definition) is 2. The van der Waals surface area contributed by atoms with Gasteiger partial charge in [-0.15, -0.1) is 0 Å². The van der Waals surface area contributed by atoms with Gasteiger partial charge in [0, 0.05) is 0 Å². The van der Waals surface area contributed by atoms with Crippen LogP contribution in [0.3, 0.4) is 0 Å².